The molecule has 1 aliphatic rings. The van der Waals surface area contributed by atoms with Gasteiger partial charge in [-0.1, -0.05) is 23.7 Å². The number of aromatic nitrogens is 1. The molecule has 3 amide bonds. The number of likely N-dealkylation sites (tertiary alicyclic amines) is 1. The van der Waals surface area contributed by atoms with Gasteiger partial charge in [0.05, 0.1) is 35.1 Å². The standard InChI is InChI=1S/C22H24ClFN6O3/c1-12(13-4-2-5-15(23)19(13)24)29-22(33)17-6-3-9-30(17)18(31)11-28-16-10-27-8-7-14(16)20(25)21(26)32/h2,4-5,7-8,10,12,17,25,28H,3,6,9,11H2,1H3,(H2,26,32)(H,29,33)/p+1/t12-,17+/m1/s1. The molecule has 33 heavy (non-hydrogen) atoms. The summed E-state index contributed by atoms with van der Waals surface area (Å²) in [5.41, 5.74) is 6.05. The first-order valence-electron chi connectivity index (χ1n) is 10.3. The zero-order chi connectivity index (χ0) is 24.1. The van der Waals surface area contributed by atoms with Gasteiger partial charge in [-0.15, -0.1) is 0 Å². The van der Waals surface area contributed by atoms with E-state index in [1.807, 2.05) is 0 Å². The van der Waals surface area contributed by atoms with E-state index in [1.165, 1.54) is 29.4 Å². The van der Waals surface area contributed by atoms with Gasteiger partial charge in [0.1, 0.15) is 11.9 Å². The second-order valence-corrected chi connectivity index (χ2v) is 8.08. The summed E-state index contributed by atoms with van der Waals surface area (Å²) in [5, 5.41) is 11.4. The topological polar surface area (TPSA) is 143 Å². The number of primary amides is 1. The van der Waals surface area contributed by atoms with Gasteiger partial charge in [0.25, 0.3) is 5.71 Å². The summed E-state index contributed by atoms with van der Waals surface area (Å²) in [5.74, 6) is -2.07. The average Bonchev–Trinajstić information content (AvgIpc) is 3.29. The van der Waals surface area contributed by atoms with Crippen LogP contribution in [0.15, 0.2) is 36.7 Å². The molecule has 0 spiro atoms. The summed E-state index contributed by atoms with van der Waals surface area (Å²) in [7, 11) is 0. The molecule has 6 N–H and O–H groups in total. The molecular formula is C22H25ClFN6O3+. The van der Waals surface area contributed by atoms with Crippen LogP contribution in [0, 0.1) is 5.82 Å². The summed E-state index contributed by atoms with van der Waals surface area (Å²) in [6.07, 6.45) is 4.02. The number of hydrogen-bond donors (Lipinski definition) is 4. The molecule has 3 rings (SSSR count). The molecule has 0 unspecified atom stereocenters. The summed E-state index contributed by atoms with van der Waals surface area (Å²) in [4.78, 5) is 42.6. The maximum absolute atomic E-state index is 14.3. The fraction of sp³-hybridized carbons (Fsp3) is 0.318. The van der Waals surface area contributed by atoms with Crippen molar-refractivity contribution in [1.29, 1.82) is 0 Å². The Bertz CT molecular complexity index is 1100. The maximum Gasteiger partial charge on any atom is 0.313 e. The van der Waals surface area contributed by atoms with Gasteiger partial charge < -0.3 is 21.3 Å². The van der Waals surface area contributed by atoms with E-state index < -0.39 is 23.8 Å². The Morgan fingerprint density at radius 2 is 2.12 bits per heavy atom. The molecule has 1 aromatic heterocycles. The van der Waals surface area contributed by atoms with Gasteiger partial charge in [-0.25, -0.2) is 9.80 Å². The molecular weight excluding hydrogens is 451 g/mol. The number of amides is 3. The largest absolute Gasteiger partial charge is 0.374 e. The lowest BCUT2D eigenvalue weighted by molar-refractivity contribution is -0.137. The van der Waals surface area contributed by atoms with E-state index in [0.717, 1.165) is 0 Å². The van der Waals surface area contributed by atoms with Crippen LogP contribution in [0.3, 0.4) is 0 Å². The van der Waals surface area contributed by atoms with Crippen molar-refractivity contribution in [2.75, 3.05) is 18.4 Å². The minimum atomic E-state index is -0.794. The van der Waals surface area contributed by atoms with Crippen LogP contribution in [0.4, 0.5) is 10.1 Å². The van der Waals surface area contributed by atoms with Crippen LogP contribution in [0.25, 0.3) is 0 Å². The number of carbonyl (C=O) groups is 3. The molecule has 1 saturated heterocycles. The molecule has 2 aromatic rings. The van der Waals surface area contributed by atoms with Gasteiger partial charge in [0.2, 0.25) is 11.8 Å². The first-order valence-corrected chi connectivity index (χ1v) is 10.7. The lowest BCUT2D eigenvalue weighted by atomic mass is 10.1. The van der Waals surface area contributed by atoms with Crippen LogP contribution < -0.4 is 21.8 Å². The van der Waals surface area contributed by atoms with Crippen LogP contribution in [0.2, 0.25) is 5.02 Å². The van der Waals surface area contributed by atoms with Crippen molar-refractivity contribution < 1.29 is 24.2 Å². The van der Waals surface area contributed by atoms with E-state index in [1.54, 1.807) is 19.1 Å². The number of nitrogens with zero attached hydrogens (tertiary/aromatic N) is 2. The zero-order valence-electron chi connectivity index (χ0n) is 18.0. The number of halogens is 2. The van der Waals surface area contributed by atoms with E-state index in [0.29, 0.717) is 30.6 Å². The van der Waals surface area contributed by atoms with Gasteiger partial charge in [0.15, 0.2) is 0 Å². The molecule has 2 atom stereocenters. The van der Waals surface area contributed by atoms with Gasteiger partial charge in [-0.05, 0) is 31.9 Å². The highest BCUT2D eigenvalue weighted by Gasteiger charge is 2.34. The van der Waals surface area contributed by atoms with E-state index in [4.69, 9.17) is 22.7 Å². The van der Waals surface area contributed by atoms with Crippen molar-refractivity contribution in [3.05, 3.63) is 58.6 Å². The van der Waals surface area contributed by atoms with Gasteiger partial charge in [-0.3, -0.25) is 19.4 Å². The number of benzene rings is 1. The summed E-state index contributed by atoms with van der Waals surface area (Å²) >= 11 is 5.83. The molecule has 2 heterocycles. The first kappa shape index (κ1) is 24.1. The van der Waals surface area contributed by atoms with Crippen molar-refractivity contribution in [1.82, 2.24) is 15.2 Å². The van der Waals surface area contributed by atoms with Gasteiger partial charge >= 0.3 is 5.91 Å². The van der Waals surface area contributed by atoms with E-state index >= 15 is 0 Å². The maximum atomic E-state index is 14.3. The SMILES string of the molecule is C[C@@H](NC(=O)[C@@H]1CCCN1C(=O)CNc1cnccc1C(=[NH2+])C(N)=O)c1cccc(Cl)c1F. The van der Waals surface area contributed by atoms with Crippen LogP contribution in [-0.2, 0) is 14.4 Å². The second-order valence-electron chi connectivity index (χ2n) is 7.67. The highest BCUT2D eigenvalue weighted by molar-refractivity contribution is 6.43. The molecule has 9 nitrogen and oxygen atoms in total. The molecule has 1 fully saturated rings. The Kier molecular flexibility index (Phi) is 7.59. The summed E-state index contributed by atoms with van der Waals surface area (Å²) < 4.78 is 14.3. The van der Waals surface area contributed by atoms with Crippen LogP contribution >= 0.6 is 11.6 Å². The number of anilines is 1. The number of hydrogen-bond acceptors (Lipinski definition) is 5. The number of pyridine rings is 1. The highest BCUT2D eigenvalue weighted by Crippen LogP contribution is 2.24. The van der Waals surface area contributed by atoms with E-state index in [-0.39, 0.29) is 34.7 Å². The van der Waals surface area contributed by atoms with Crippen molar-refractivity contribution in [3.63, 3.8) is 0 Å². The molecule has 0 bridgehead atoms. The molecule has 1 aromatic carbocycles. The molecule has 0 radical (unpaired) electrons. The van der Waals surface area contributed by atoms with Crippen molar-refractivity contribution >= 4 is 40.7 Å². The highest BCUT2D eigenvalue weighted by atomic mass is 35.5. The lowest BCUT2D eigenvalue weighted by Gasteiger charge is -2.26. The zero-order valence-corrected chi connectivity index (χ0v) is 18.7. The van der Waals surface area contributed by atoms with Crippen molar-refractivity contribution in [2.24, 2.45) is 5.73 Å². The quantitative estimate of drug-likeness (QED) is 0.403. The molecule has 11 heteroatoms. The molecule has 0 saturated carbocycles. The smallest absolute Gasteiger partial charge is 0.313 e. The van der Waals surface area contributed by atoms with E-state index in [2.05, 4.69) is 15.6 Å². The minimum absolute atomic E-state index is 0.0265. The summed E-state index contributed by atoms with van der Waals surface area (Å²) in [6.45, 7) is 1.92. The summed E-state index contributed by atoms with van der Waals surface area (Å²) in [6, 6.07) is 4.79. The lowest BCUT2D eigenvalue weighted by Crippen LogP contribution is -2.49. The van der Waals surface area contributed by atoms with Crippen LogP contribution in [-0.4, -0.2) is 52.4 Å². The number of nitrogens with two attached hydrogens (primary N) is 2. The normalized spacial score (nSPS) is 16.2. The third-order valence-corrected chi connectivity index (χ3v) is 5.78. The third kappa shape index (κ3) is 5.46. The fourth-order valence-corrected chi connectivity index (χ4v) is 3.94. The second kappa shape index (κ2) is 10.4. The van der Waals surface area contributed by atoms with Crippen molar-refractivity contribution in [3.8, 4) is 0 Å². The van der Waals surface area contributed by atoms with Gasteiger partial charge in [0, 0.05) is 18.3 Å². The van der Waals surface area contributed by atoms with E-state index in [9.17, 15) is 18.8 Å². The Labute approximate surface area is 195 Å². The number of nitrogens with one attached hydrogen (secondary N) is 2. The Hall–Kier alpha value is -3.53. The monoisotopic (exact) mass is 475 g/mol. The fourth-order valence-electron chi connectivity index (χ4n) is 3.76. The predicted molar refractivity (Wildman–Crippen MR) is 121 cm³/mol. The molecule has 0 aliphatic carbocycles. The van der Waals surface area contributed by atoms with Crippen LogP contribution in [0.5, 0.6) is 0 Å². The van der Waals surface area contributed by atoms with Crippen LogP contribution in [0.1, 0.15) is 36.9 Å². The first-order chi connectivity index (χ1) is 15.7. The minimum Gasteiger partial charge on any atom is -0.374 e. The Morgan fingerprint density at radius 1 is 1.36 bits per heavy atom. The number of rotatable bonds is 8. The number of carbonyl (C=O) groups excluding carboxylic acids is 3. The Morgan fingerprint density at radius 3 is 2.85 bits per heavy atom. The third-order valence-electron chi connectivity index (χ3n) is 5.49. The van der Waals surface area contributed by atoms with Gasteiger partial charge in [-0.2, -0.15) is 0 Å². The molecule has 1 aliphatic heterocycles. The Balaban J connectivity index is 1.65. The molecule has 174 valence electrons. The predicted octanol–water partition coefficient (Wildman–Crippen LogP) is 0.188. The average molecular weight is 476 g/mol. The van der Waals surface area contributed by atoms with Crippen molar-refractivity contribution in [2.45, 2.75) is 31.8 Å².